The van der Waals surface area contributed by atoms with Gasteiger partial charge in [0.1, 0.15) is 28.9 Å². The van der Waals surface area contributed by atoms with E-state index in [-0.39, 0.29) is 59.0 Å². The second-order valence-electron chi connectivity index (χ2n) is 9.23. The van der Waals surface area contributed by atoms with E-state index in [9.17, 15) is 30.0 Å². The van der Waals surface area contributed by atoms with Gasteiger partial charge in [0.2, 0.25) is 5.79 Å². The minimum absolute atomic E-state index is 0.0104. The minimum Gasteiger partial charge on any atom is -0.508 e. The normalized spacial score (nSPS) is 33.4. The summed E-state index contributed by atoms with van der Waals surface area (Å²) in [5, 5.41) is 41.1. The topological polar surface area (TPSA) is 143 Å². The number of rotatable bonds is 3. The van der Waals surface area contributed by atoms with Gasteiger partial charge in [-0.2, -0.15) is 0 Å². The number of aliphatic hydroxyl groups is 1. The van der Waals surface area contributed by atoms with Gasteiger partial charge >= 0.3 is 0 Å². The van der Waals surface area contributed by atoms with Crippen molar-refractivity contribution in [1.82, 2.24) is 0 Å². The molecule has 176 valence electrons. The molecule has 4 N–H and O–H groups in total. The van der Waals surface area contributed by atoms with Gasteiger partial charge in [0.25, 0.3) is 0 Å². The molecule has 2 heterocycles. The summed E-state index contributed by atoms with van der Waals surface area (Å²) in [6.07, 6.45) is 0.856. The molecule has 5 aliphatic rings. The maximum atomic E-state index is 13.5. The van der Waals surface area contributed by atoms with Crippen molar-refractivity contribution in [2.24, 2.45) is 17.8 Å². The molecule has 0 aromatic heterocycles. The van der Waals surface area contributed by atoms with Crippen molar-refractivity contribution < 1.29 is 44.2 Å². The Balaban J connectivity index is 1.45. The van der Waals surface area contributed by atoms with E-state index in [0.29, 0.717) is 5.57 Å². The highest BCUT2D eigenvalue weighted by molar-refractivity contribution is 6.03. The fourth-order valence-electron chi connectivity index (χ4n) is 6.08. The van der Waals surface area contributed by atoms with Crippen molar-refractivity contribution in [2.45, 2.75) is 24.2 Å². The molecule has 6 atom stereocenters. The van der Waals surface area contributed by atoms with Crippen LogP contribution in [0.1, 0.15) is 28.3 Å². The molecule has 34 heavy (non-hydrogen) atoms. The Morgan fingerprint density at radius 2 is 1.88 bits per heavy atom. The quantitative estimate of drug-likeness (QED) is 0.500. The predicted octanol–water partition coefficient (Wildman–Crippen LogP) is 2.02. The zero-order chi connectivity index (χ0) is 23.9. The first kappa shape index (κ1) is 21.0. The van der Waals surface area contributed by atoms with Crippen LogP contribution < -0.4 is 9.47 Å². The van der Waals surface area contributed by atoms with Crippen LogP contribution in [0.4, 0.5) is 0 Å². The van der Waals surface area contributed by atoms with Crippen LogP contribution in [0.3, 0.4) is 0 Å². The molecule has 3 aliphatic carbocycles. The van der Waals surface area contributed by atoms with Gasteiger partial charge < -0.3 is 34.6 Å². The van der Waals surface area contributed by atoms with Crippen molar-refractivity contribution in [3.8, 4) is 28.7 Å². The monoisotopic (exact) mass is 466 g/mol. The summed E-state index contributed by atoms with van der Waals surface area (Å²) in [7, 11) is 1.43. The molecule has 0 unspecified atom stereocenters. The van der Waals surface area contributed by atoms with Gasteiger partial charge in [-0.05, 0) is 23.3 Å². The summed E-state index contributed by atoms with van der Waals surface area (Å²) in [5.74, 6) is -5.24. The maximum absolute atomic E-state index is 13.5. The van der Waals surface area contributed by atoms with Crippen molar-refractivity contribution in [3.05, 3.63) is 53.1 Å². The van der Waals surface area contributed by atoms with Crippen LogP contribution in [0.15, 0.2) is 42.0 Å². The Bertz CT molecular complexity index is 1280. The van der Waals surface area contributed by atoms with Crippen LogP contribution in [-0.2, 0) is 9.53 Å². The van der Waals surface area contributed by atoms with Gasteiger partial charge in [0.05, 0.1) is 26.1 Å². The van der Waals surface area contributed by atoms with E-state index < -0.39 is 35.4 Å². The second kappa shape index (κ2) is 6.97. The third kappa shape index (κ3) is 2.68. The molecule has 2 aromatic carbocycles. The molecule has 7 rings (SSSR count). The summed E-state index contributed by atoms with van der Waals surface area (Å²) in [6, 6.07) is 7.20. The van der Waals surface area contributed by atoms with Crippen LogP contribution in [0, 0.1) is 17.8 Å². The van der Waals surface area contributed by atoms with Crippen LogP contribution in [0.2, 0.25) is 0 Å². The number of aromatic hydroxyl groups is 3. The van der Waals surface area contributed by atoms with Crippen LogP contribution in [0.5, 0.6) is 28.7 Å². The van der Waals surface area contributed by atoms with Crippen molar-refractivity contribution in [2.75, 3.05) is 13.7 Å². The summed E-state index contributed by atoms with van der Waals surface area (Å²) in [6.45, 7) is 0.177. The fourth-order valence-corrected chi connectivity index (χ4v) is 6.08. The van der Waals surface area contributed by atoms with Crippen LogP contribution in [0.25, 0.3) is 0 Å². The number of ketones is 2. The summed E-state index contributed by atoms with van der Waals surface area (Å²) >= 11 is 0. The Labute approximate surface area is 193 Å². The summed E-state index contributed by atoms with van der Waals surface area (Å²) in [4.78, 5) is 26.4. The third-order valence-corrected chi connectivity index (χ3v) is 7.54. The number of Topliss-reactive ketones (excluding diaryl/α,β-unsaturated/α-hetero) is 2. The minimum atomic E-state index is -1.93. The van der Waals surface area contributed by atoms with Gasteiger partial charge in [-0.3, -0.25) is 9.59 Å². The zero-order valence-electron chi connectivity index (χ0n) is 18.1. The third-order valence-electron chi connectivity index (χ3n) is 7.54. The van der Waals surface area contributed by atoms with E-state index in [1.807, 2.05) is 0 Å². The molecule has 9 nitrogen and oxygen atoms in total. The largest absolute Gasteiger partial charge is 0.508 e. The molecule has 1 saturated heterocycles. The Hall–Kier alpha value is -3.56. The number of hydrogen-bond acceptors (Lipinski definition) is 9. The molecule has 9 heteroatoms. The number of phenolic OH excluding ortho intramolecular Hbond substituents is 3. The van der Waals surface area contributed by atoms with Crippen LogP contribution in [-0.4, -0.2) is 57.6 Å². The highest BCUT2D eigenvalue weighted by atomic mass is 16.6. The van der Waals surface area contributed by atoms with Gasteiger partial charge in [-0.15, -0.1) is 0 Å². The van der Waals surface area contributed by atoms with Gasteiger partial charge in [-0.25, -0.2) is 0 Å². The van der Waals surface area contributed by atoms with E-state index in [2.05, 4.69) is 0 Å². The standard InChI is InChI=1S/C25H22O9/c1-32-19-4-10(2-3-15(19)27)21-13-9-33-25(31)14(13)7-12(22(21)24(25)30)18-8-17(29)23-16(28)5-11(26)6-20(23)34-18/h2-7,13-14,18,21-22,26-28,31H,8-9H2,1H3/t13-,14-,18-,21+,22+,25+/m0/s1. The lowest BCUT2D eigenvalue weighted by molar-refractivity contribution is -0.204. The highest BCUT2D eigenvalue weighted by Gasteiger charge is 2.67. The van der Waals surface area contributed by atoms with Crippen molar-refractivity contribution in [3.63, 3.8) is 0 Å². The van der Waals surface area contributed by atoms with Gasteiger partial charge in [-0.1, -0.05) is 12.1 Å². The molecule has 2 fully saturated rings. The van der Waals surface area contributed by atoms with E-state index in [0.717, 1.165) is 11.6 Å². The zero-order valence-corrected chi connectivity index (χ0v) is 18.1. The summed E-state index contributed by atoms with van der Waals surface area (Å²) in [5.41, 5.74) is 1.28. The maximum Gasteiger partial charge on any atom is 0.233 e. The number of ether oxygens (including phenoxy) is 3. The van der Waals surface area contributed by atoms with Gasteiger partial charge in [0, 0.05) is 29.9 Å². The lowest BCUT2D eigenvalue weighted by Gasteiger charge is -2.49. The molecular formula is C25H22O9. The fraction of sp³-hybridized carbons (Fsp3) is 0.360. The second-order valence-corrected chi connectivity index (χ2v) is 9.23. The SMILES string of the molecule is COc1cc([C@H]2[C@@H]3C(=O)[C@]4(O)OC[C@H]2[C@@H]4C=C3[C@@H]2CC(=O)c3c(O)cc(O)cc3O2)ccc1O. The number of methoxy groups -OCH3 is 1. The Kier molecular flexibility index (Phi) is 4.31. The lowest BCUT2D eigenvalue weighted by Crippen LogP contribution is -2.59. The Morgan fingerprint density at radius 1 is 1.09 bits per heavy atom. The molecule has 2 aliphatic heterocycles. The first-order valence-electron chi connectivity index (χ1n) is 11.0. The van der Waals surface area contributed by atoms with Crippen LogP contribution >= 0.6 is 0 Å². The Morgan fingerprint density at radius 3 is 2.65 bits per heavy atom. The number of carbonyl (C=O) groups is 2. The number of fused-ring (bicyclic) bond motifs is 1. The van der Waals surface area contributed by atoms with E-state index >= 15 is 0 Å². The number of hydrogen-bond donors (Lipinski definition) is 4. The molecule has 4 bridgehead atoms. The predicted molar refractivity (Wildman–Crippen MR) is 115 cm³/mol. The average molecular weight is 466 g/mol. The molecule has 0 radical (unpaired) electrons. The van der Waals surface area contributed by atoms with E-state index in [1.165, 1.54) is 19.2 Å². The smallest absolute Gasteiger partial charge is 0.233 e. The highest BCUT2D eigenvalue weighted by Crippen LogP contribution is 2.60. The number of phenols is 3. The lowest BCUT2D eigenvalue weighted by atomic mass is 9.55. The molecule has 0 spiro atoms. The number of benzene rings is 2. The molecule has 0 amide bonds. The number of carbonyl (C=O) groups excluding carboxylic acids is 2. The first-order chi connectivity index (χ1) is 16.2. The summed E-state index contributed by atoms with van der Waals surface area (Å²) < 4.78 is 16.9. The van der Waals surface area contributed by atoms with E-state index in [4.69, 9.17) is 14.2 Å². The average Bonchev–Trinajstić information content (AvgIpc) is 3.10. The first-order valence-corrected chi connectivity index (χ1v) is 11.0. The van der Waals surface area contributed by atoms with Crippen molar-refractivity contribution >= 4 is 11.6 Å². The molecule has 2 aromatic rings. The molecular weight excluding hydrogens is 444 g/mol. The van der Waals surface area contributed by atoms with Gasteiger partial charge in [0.15, 0.2) is 23.1 Å². The molecule has 1 saturated carbocycles. The van der Waals surface area contributed by atoms with E-state index in [1.54, 1.807) is 18.2 Å². The van der Waals surface area contributed by atoms with Crippen molar-refractivity contribution in [1.29, 1.82) is 0 Å².